The highest BCUT2D eigenvalue weighted by molar-refractivity contribution is 5.85. The Bertz CT molecular complexity index is 513. The van der Waals surface area contributed by atoms with E-state index < -0.39 is 5.97 Å². The zero-order valence-corrected chi connectivity index (χ0v) is 11.7. The maximum atomic E-state index is 13.3. The van der Waals surface area contributed by atoms with Crippen molar-refractivity contribution in [2.75, 3.05) is 6.54 Å². The molecule has 1 aliphatic rings. The first-order valence-electron chi connectivity index (χ1n) is 7.00. The van der Waals surface area contributed by atoms with E-state index in [1.165, 1.54) is 37.5 Å². The molecule has 3 nitrogen and oxygen atoms in total. The molecule has 1 N–H and O–H groups in total. The summed E-state index contributed by atoms with van der Waals surface area (Å²) in [6, 6.07) is 5.09. The molecule has 1 atom stereocenters. The fourth-order valence-electron chi connectivity index (χ4n) is 2.64. The van der Waals surface area contributed by atoms with E-state index in [4.69, 9.17) is 5.11 Å². The Labute approximate surface area is 118 Å². The van der Waals surface area contributed by atoms with Crippen molar-refractivity contribution in [1.82, 2.24) is 4.90 Å². The number of benzene rings is 1. The van der Waals surface area contributed by atoms with Gasteiger partial charge >= 0.3 is 5.97 Å². The molecular weight excluding hydrogens is 257 g/mol. The van der Waals surface area contributed by atoms with Gasteiger partial charge in [-0.2, -0.15) is 0 Å². The monoisotopic (exact) mass is 277 g/mol. The third-order valence-corrected chi connectivity index (χ3v) is 3.83. The SMILES string of the molecule is CC1CCCCN1Cc1ccc(F)cc1C=CC(=O)O. The number of piperidine rings is 1. The summed E-state index contributed by atoms with van der Waals surface area (Å²) < 4.78 is 13.3. The first-order valence-corrected chi connectivity index (χ1v) is 7.00. The Hall–Kier alpha value is -1.68. The fraction of sp³-hybridized carbons (Fsp3) is 0.438. The Kier molecular flexibility index (Phi) is 4.90. The zero-order valence-electron chi connectivity index (χ0n) is 11.7. The van der Waals surface area contributed by atoms with E-state index in [1.807, 2.05) is 0 Å². The van der Waals surface area contributed by atoms with E-state index in [2.05, 4.69) is 11.8 Å². The lowest BCUT2D eigenvalue weighted by atomic mass is 10.0. The minimum Gasteiger partial charge on any atom is -0.478 e. The lowest BCUT2D eigenvalue weighted by Crippen LogP contribution is -2.36. The number of nitrogens with zero attached hydrogens (tertiary/aromatic N) is 1. The fourth-order valence-corrected chi connectivity index (χ4v) is 2.64. The zero-order chi connectivity index (χ0) is 14.5. The van der Waals surface area contributed by atoms with Gasteiger partial charge in [0.15, 0.2) is 0 Å². The molecule has 1 fully saturated rings. The molecule has 0 spiro atoms. The van der Waals surface area contributed by atoms with Crippen molar-refractivity contribution < 1.29 is 14.3 Å². The predicted molar refractivity (Wildman–Crippen MR) is 76.8 cm³/mol. The van der Waals surface area contributed by atoms with Crippen LogP contribution in [0.4, 0.5) is 4.39 Å². The molecule has 4 heteroatoms. The van der Waals surface area contributed by atoms with Gasteiger partial charge in [-0.15, -0.1) is 0 Å². The average molecular weight is 277 g/mol. The van der Waals surface area contributed by atoms with Gasteiger partial charge in [0.1, 0.15) is 5.82 Å². The molecule has 108 valence electrons. The molecule has 20 heavy (non-hydrogen) atoms. The standard InChI is InChI=1S/C16H20FNO2/c1-12-4-2-3-9-18(12)11-14-5-7-15(17)10-13(14)6-8-16(19)20/h5-8,10,12H,2-4,9,11H2,1H3,(H,19,20). The number of likely N-dealkylation sites (tertiary alicyclic amines) is 1. The Balaban J connectivity index is 2.19. The molecule has 0 amide bonds. The Morgan fingerprint density at radius 1 is 1.50 bits per heavy atom. The van der Waals surface area contributed by atoms with Crippen molar-refractivity contribution in [2.24, 2.45) is 0 Å². The number of hydrogen-bond donors (Lipinski definition) is 1. The minimum atomic E-state index is -1.02. The van der Waals surface area contributed by atoms with Gasteiger partial charge < -0.3 is 5.11 Å². The van der Waals surface area contributed by atoms with Gasteiger partial charge in [-0.1, -0.05) is 12.5 Å². The van der Waals surface area contributed by atoms with Gasteiger partial charge in [-0.05, 0) is 55.6 Å². The summed E-state index contributed by atoms with van der Waals surface area (Å²) in [5, 5.41) is 8.71. The normalized spacial score (nSPS) is 20.4. The molecule has 1 aromatic carbocycles. The molecule has 1 aliphatic heterocycles. The van der Waals surface area contributed by atoms with Crippen LogP contribution in [-0.2, 0) is 11.3 Å². The number of rotatable bonds is 4. The van der Waals surface area contributed by atoms with Crippen LogP contribution in [0.3, 0.4) is 0 Å². The van der Waals surface area contributed by atoms with Crippen molar-refractivity contribution >= 4 is 12.0 Å². The average Bonchev–Trinajstić information content (AvgIpc) is 2.41. The van der Waals surface area contributed by atoms with Crippen LogP contribution in [0.1, 0.15) is 37.3 Å². The van der Waals surface area contributed by atoms with Gasteiger partial charge in [0.2, 0.25) is 0 Å². The second kappa shape index (κ2) is 6.66. The summed E-state index contributed by atoms with van der Waals surface area (Å²) in [4.78, 5) is 13.0. The minimum absolute atomic E-state index is 0.342. The van der Waals surface area contributed by atoms with Gasteiger partial charge in [-0.3, -0.25) is 4.90 Å². The highest BCUT2D eigenvalue weighted by Gasteiger charge is 2.19. The number of carbonyl (C=O) groups is 1. The quantitative estimate of drug-likeness (QED) is 0.858. The number of halogens is 1. The number of hydrogen-bond acceptors (Lipinski definition) is 2. The molecule has 1 unspecified atom stereocenters. The number of aliphatic carboxylic acids is 1. The Morgan fingerprint density at radius 3 is 3.00 bits per heavy atom. The van der Waals surface area contributed by atoms with Gasteiger partial charge in [0, 0.05) is 18.7 Å². The summed E-state index contributed by atoms with van der Waals surface area (Å²) in [6.07, 6.45) is 6.15. The summed E-state index contributed by atoms with van der Waals surface area (Å²) >= 11 is 0. The van der Waals surface area contributed by atoms with Crippen LogP contribution in [-0.4, -0.2) is 28.6 Å². The van der Waals surface area contributed by atoms with E-state index in [-0.39, 0.29) is 5.82 Å². The largest absolute Gasteiger partial charge is 0.478 e. The van der Waals surface area contributed by atoms with Crippen LogP contribution in [0.15, 0.2) is 24.3 Å². The second-order valence-corrected chi connectivity index (χ2v) is 5.33. The predicted octanol–water partition coefficient (Wildman–Crippen LogP) is 3.30. The molecule has 0 saturated carbocycles. The third-order valence-electron chi connectivity index (χ3n) is 3.83. The van der Waals surface area contributed by atoms with Gasteiger partial charge in [-0.25, -0.2) is 9.18 Å². The van der Waals surface area contributed by atoms with Crippen molar-refractivity contribution in [1.29, 1.82) is 0 Å². The van der Waals surface area contributed by atoms with E-state index in [1.54, 1.807) is 6.07 Å². The van der Waals surface area contributed by atoms with Crippen molar-refractivity contribution in [3.63, 3.8) is 0 Å². The molecule has 0 aromatic heterocycles. The molecule has 0 aliphatic carbocycles. The van der Waals surface area contributed by atoms with Crippen LogP contribution in [0.25, 0.3) is 6.08 Å². The van der Waals surface area contributed by atoms with Gasteiger partial charge in [0.05, 0.1) is 0 Å². The summed E-state index contributed by atoms with van der Waals surface area (Å²) in [5.41, 5.74) is 1.61. The highest BCUT2D eigenvalue weighted by atomic mass is 19.1. The first kappa shape index (κ1) is 14.7. The lowest BCUT2D eigenvalue weighted by molar-refractivity contribution is -0.131. The van der Waals surface area contributed by atoms with E-state index in [9.17, 15) is 9.18 Å². The molecule has 1 heterocycles. The van der Waals surface area contributed by atoms with Crippen LogP contribution in [0, 0.1) is 5.82 Å². The summed E-state index contributed by atoms with van der Waals surface area (Å²) in [7, 11) is 0. The summed E-state index contributed by atoms with van der Waals surface area (Å²) in [5.74, 6) is -1.36. The van der Waals surface area contributed by atoms with Crippen LogP contribution >= 0.6 is 0 Å². The van der Waals surface area contributed by atoms with Crippen molar-refractivity contribution in [3.8, 4) is 0 Å². The highest BCUT2D eigenvalue weighted by Crippen LogP contribution is 2.22. The first-order chi connectivity index (χ1) is 9.56. The van der Waals surface area contributed by atoms with Gasteiger partial charge in [0.25, 0.3) is 0 Å². The smallest absolute Gasteiger partial charge is 0.328 e. The molecule has 1 saturated heterocycles. The summed E-state index contributed by atoms with van der Waals surface area (Å²) in [6.45, 7) is 3.98. The van der Waals surface area contributed by atoms with E-state index >= 15 is 0 Å². The Morgan fingerprint density at radius 2 is 2.30 bits per heavy atom. The maximum absolute atomic E-state index is 13.3. The third kappa shape index (κ3) is 3.90. The van der Waals surface area contributed by atoms with E-state index in [0.29, 0.717) is 11.6 Å². The number of carboxylic acids is 1. The molecule has 1 aromatic rings. The molecule has 0 radical (unpaired) electrons. The molecule has 0 bridgehead atoms. The van der Waals surface area contributed by atoms with Crippen LogP contribution < -0.4 is 0 Å². The number of carboxylic acid groups (broad SMARTS) is 1. The lowest BCUT2D eigenvalue weighted by Gasteiger charge is -2.33. The molecule has 2 rings (SSSR count). The second-order valence-electron chi connectivity index (χ2n) is 5.33. The van der Waals surface area contributed by atoms with Crippen LogP contribution in [0.5, 0.6) is 0 Å². The molecular formula is C16H20FNO2. The van der Waals surface area contributed by atoms with Crippen molar-refractivity contribution in [2.45, 2.75) is 38.8 Å². The van der Waals surface area contributed by atoms with Crippen LogP contribution in [0.2, 0.25) is 0 Å². The topological polar surface area (TPSA) is 40.5 Å². The maximum Gasteiger partial charge on any atom is 0.328 e. The van der Waals surface area contributed by atoms with E-state index in [0.717, 1.165) is 24.7 Å². The van der Waals surface area contributed by atoms with Crippen molar-refractivity contribution in [3.05, 3.63) is 41.2 Å².